The van der Waals surface area contributed by atoms with Crippen LogP contribution in [0, 0.1) is 0 Å². The molecule has 2 N–H and O–H groups in total. The molecule has 1 heterocycles. The maximum absolute atomic E-state index is 13.5. The lowest BCUT2D eigenvalue weighted by Crippen LogP contribution is -2.29. The van der Waals surface area contributed by atoms with Gasteiger partial charge in [0.05, 0.1) is 11.6 Å². The monoisotopic (exact) mass is 494 g/mol. The molecule has 2 amide bonds. The van der Waals surface area contributed by atoms with Gasteiger partial charge in [-0.1, -0.05) is 49.4 Å². The van der Waals surface area contributed by atoms with Crippen LogP contribution in [0.4, 0.5) is 11.4 Å². The molecule has 3 aromatic rings. The van der Waals surface area contributed by atoms with E-state index in [1.807, 2.05) is 42.5 Å². The molecule has 1 atom stereocenters. The van der Waals surface area contributed by atoms with Gasteiger partial charge in [-0.05, 0) is 78.6 Å². The lowest BCUT2D eigenvalue weighted by atomic mass is 9.88. The highest BCUT2D eigenvalue weighted by molar-refractivity contribution is 6.51. The smallest absolute Gasteiger partial charge is 0.300 e. The van der Waals surface area contributed by atoms with E-state index in [0.29, 0.717) is 16.9 Å². The van der Waals surface area contributed by atoms with Crippen molar-refractivity contribution in [2.75, 3.05) is 10.2 Å². The molecule has 1 fully saturated rings. The van der Waals surface area contributed by atoms with E-state index >= 15 is 0 Å². The molecular weight excluding hydrogens is 464 g/mol. The van der Waals surface area contributed by atoms with Gasteiger partial charge in [-0.15, -0.1) is 0 Å². The summed E-state index contributed by atoms with van der Waals surface area (Å²) < 4.78 is 0. The van der Waals surface area contributed by atoms with Crippen molar-refractivity contribution in [2.24, 2.45) is 0 Å². The van der Waals surface area contributed by atoms with E-state index in [-0.39, 0.29) is 17.2 Å². The standard InChI is InChI=1S/C31H30N2O4/c1-3-20-11-13-22(14-12-20)28-27(29(35)24-16-15-21-7-4-5-8-23(21)17-24)30(36)31(37)33(28)26-10-6-9-25(18-26)32-19(2)34/h6,9-18,28,35H,3-5,7-8H2,1-2H3,(H,32,34)/b29-27-. The Morgan fingerprint density at radius 3 is 2.41 bits per heavy atom. The number of amides is 2. The van der Waals surface area contributed by atoms with Gasteiger partial charge in [0.2, 0.25) is 5.91 Å². The first-order valence-corrected chi connectivity index (χ1v) is 12.8. The van der Waals surface area contributed by atoms with Gasteiger partial charge in [-0.3, -0.25) is 19.3 Å². The van der Waals surface area contributed by atoms with Gasteiger partial charge in [-0.2, -0.15) is 0 Å². The summed E-state index contributed by atoms with van der Waals surface area (Å²) in [5.74, 6) is -1.86. The number of carbonyl (C=O) groups is 3. The SMILES string of the molecule is CCc1ccc(C2/C(=C(/O)c3ccc4c(c3)CCCC4)C(=O)C(=O)N2c2cccc(NC(C)=O)c2)cc1. The Balaban J connectivity index is 1.67. The number of ketones is 1. The summed E-state index contributed by atoms with van der Waals surface area (Å²) in [5.41, 5.74) is 5.88. The first-order valence-electron chi connectivity index (χ1n) is 12.8. The van der Waals surface area contributed by atoms with Gasteiger partial charge in [0.15, 0.2) is 0 Å². The summed E-state index contributed by atoms with van der Waals surface area (Å²) in [6.07, 6.45) is 5.04. The van der Waals surface area contributed by atoms with Crippen molar-refractivity contribution < 1.29 is 19.5 Å². The molecule has 0 spiro atoms. The first-order chi connectivity index (χ1) is 17.9. The molecule has 6 heteroatoms. The summed E-state index contributed by atoms with van der Waals surface area (Å²) in [6.45, 7) is 3.47. The molecule has 1 aliphatic carbocycles. The molecule has 0 bridgehead atoms. The second-order valence-corrected chi connectivity index (χ2v) is 9.69. The third kappa shape index (κ3) is 4.67. The van der Waals surface area contributed by atoms with Crippen LogP contribution in [0.25, 0.3) is 5.76 Å². The molecule has 1 aliphatic heterocycles. The highest BCUT2D eigenvalue weighted by atomic mass is 16.3. The van der Waals surface area contributed by atoms with Crippen LogP contribution >= 0.6 is 0 Å². The number of anilines is 2. The number of benzene rings is 3. The fraction of sp³-hybridized carbons (Fsp3) is 0.258. The predicted molar refractivity (Wildman–Crippen MR) is 144 cm³/mol. The van der Waals surface area contributed by atoms with Crippen LogP contribution in [-0.4, -0.2) is 22.7 Å². The van der Waals surface area contributed by atoms with Gasteiger partial charge < -0.3 is 10.4 Å². The number of aliphatic hydroxyl groups is 1. The molecule has 0 radical (unpaired) electrons. The minimum atomic E-state index is -0.811. The quantitative estimate of drug-likeness (QED) is 0.270. The molecule has 188 valence electrons. The van der Waals surface area contributed by atoms with Crippen LogP contribution in [0.1, 0.15) is 60.5 Å². The van der Waals surface area contributed by atoms with Crippen LogP contribution in [0.3, 0.4) is 0 Å². The van der Waals surface area contributed by atoms with Crippen molar-refractivity contribution in [1.82, 2.24) is 0 Å². The second kappa shape index (κ2) is 10.1. The maximum atomic E-state index is 13.5. The minimum Gasteiger partial charge on any atom is -0.507 e. The zero-order valence-corrected chi connectivity index (χ0v) is 21.1. The molecule has 0 saturated carbocycles. The zero-order chi connectivity index (χ0) is 26.1. The Morgan fingerprint density at radius 2 is 1.70 bits per heavy atom. The van der Waals surface area contributed by atoms with E-state index in [0.717, 1.165) is 43.2 Å². The Kier molecular flexibility index (Phi) is 6.66. The largest absolute Gasteiger partial charge is 0.507 e. The first kappa shape index (κ1) is 24.5. The molecule has 0 aromatic heterocycles. The van der Waals surface area contributed by atoms with E-state index in [9.17, 15) is 19.5 Å². The third-order valence-corrected chi connectivity index (χ3v) is 7.21. The molecule has 3 aromatic carbocycles. The molecule has 5 rings (SSSR count). The zero-order valence-electron chi connectivity index (χ0n) is 21.1. The van der Waals surface area contributed by atoms with E-state index in [4.69, 9.17) is 0 Å². The normalized spacial score (nSPS) is 18.5. The Labute approximate surface area is 216 Å². The van der Waals surface area contributed by atoms with E-state index < -0.39 is 17.7 Å². The van der Waals surface area contributed by atoms with Crippen LogP contribution in [0.5, 0.6) is 0 Å². The third-order valence-electron chi connectivity index (χ3n) is 7.21. The van der Waals surface area contributed by atoms with Crippen molar-refractivity contribution >= 4 is 34.7 Å². The number of carbonyl (C=O) groups excluding carboxylic acids is 3. The number of fused-ring (bicyclic) bond motifs is 1. The Hall–Kier alpha value is -4.19. The second-order valence-electron chi connectivity index (χ2n) is 9.69. The summed E-state index contributed by atoms with van der Waals surface area (Å²) in [6, 6.07) is 19.6. The number of aryl methyl sites for hydroxylation is 3. The predicted octanol–water partition coefficient (Wildman–Crippen LogP) is 5.71. The number of rotatable bonds is 5. The van der Waals surface area contributed by atoms with Crippen molar-refractivity contribution in [3.8, 4) is 0 Å². The lowest BCUT2D eigenvalue weighted by molar-refractivity contribution is -0.132. The highest BCUT2D eigenvalue weighted by Gasteiger charge is 2.47. The van der Waals surface area contributed by atoms with Gasteiger partial charge in [0.1, 0.15) is 5.76 Å². The summed E-state index contributed by atoms with van der Waals surface area (Å²) >= 11 is 0. The number of nitrogens with zero attached hydrogens (tertiary/aromatic N) is 1. The molecule has 37 heavy (non-hydrogen) atoms. The maximum Gasteiger partial charge on any atom is 0.300 e. The number of hydrogen-bond acceptors (Lipinski definition) is 4. The van der Waals surface area contributed by atoms with Crippen molar-refractivity contribution in [3.05, 3.63) is 100 Å². The molecule has 1 unspecified atom stereocenters. The van der Waals surface area contributed by atoms with Gasteiger partial charge in [-0.25, -0.2) is 0 Å². The van der Waals surface area contributed by atoms with Crippen LogP contribution in [0.2, 0.25) is 0 Å². The summed E-state index contributed by atoms with van der Waals surface area (Å²) in [4.78, 5) is 40.0. The average Bonchev–Trinajstić information content (AvgIpc) is 3.18. The number of aliphatic hydroxyl groups excluding tert-OH is 1. The van der Waals surface area contributed by atoms with Gasteiger partial charge >= 0.3 is 0 Å². The fourth-order valence-electron chi connectivity index (χ4n) is 5.32. The van der Waals surface area contributed by atoms with Crippen LogP contribution in [0.15, 0.2) is 72.3 Å². The van der Waals surface area contributed by atoms with E-state index in [2.05, 4.69) is 12.2 Å². The summed E-state index contributed by atoms with van der Waals surface area (Å²) in [5, 5.41) is 14.2. The lowest BCUT2D eigenvalue weighted by Gasteiger charge is -2.26. The van der Waals surface area contributed by atoms with Gasteiger partial charge in [0, 0.05) is 23.9 Å². The molecule has 1 saturated heterocycles. The van der Waals surface area contributed by atoms with E-state index in [1.165, 1.54) is 23.0 Å². The van der Waals surface area contributed by atoms with Crippen molar-refractivity contribution in [1.29, 1.82) is 0 Å². The van der Waals surface area contributed by atoms with Crippen molar-refractivity contribution in [2.45, 2.75) is 52.0 Å². The average molecular weight is 495 g/mol. The number of Topliss-reactive ketones (excluding diaryl/α,β-unsaturated/α-hetero) is 1. The molecular formula is C31H30N2O4. The minimum absolute atomic E-state index is 0.0648. The molecule has 2 aliphatic rings. The highest BCUT2D eigenvalue weighted by Crippen LogP contribution is 2.43. The van der Waals surface area contributed by atoms with Crippen LogP contribution in [-0.2, 0) is 33.6 Å². The molecule has 6 nitrogen and oxygen atoms in total. The number of nitrogens with one attached hydrogen (secondary N) is 1. The number of hydrogen-bond donors (Lipinski definition) is 2. The Bertz CT molecular complexity index is 1420. The van der Waals surface area contributed by atoms with Crippen molar-refractivity contribution in [3.63, 3.8) is 0 Å². The summed E-state index contributed by atoms with van der Waals surface area (Å²) in [7, 11) is 0. The topological polar surface area (TPSA) is 86.7 Å². The Morgan fingerprint density at radius 1 is 0.973 bits per heavy atom. The fourth-order valence-corrected chi connectivity index (χ4v) is 5.32. The van der Waals surface area contributed by atoms with E-state index in [1.54, 1.807) is 24.3 Å². The van der Waals surface area contributed by atoms with Crippen LogP contribution < -0.4 is 10.2 Å². The van der Waals surface area contributed by atoms with Gasteiger partial charge in [0.25, 0.3) is 11.7 Å².